The zero-order chi connectivity index (χ0) is 31.4. The van der Waals surface area contributed by atoms with Crippen molar-refractivity contribution in [3.8, 4) is 16.9 Å². The Morgan fingerprint density at radius 3 is 2.07 bits per heavy atom. The lowest BCUT2D eigenvalue weighted by molar-refractivity contribution is -0.125. The van der Waals surface area contributed by atoms with Gasteiger partial charge in [-0.05, 0) is 86.2 Å². The fourth-order valence-corrected chi connectivity index (χ4v) is 6.68. The van der Waals surface area contributed by atoms with Gasteiger partial charge in [0.05, 0.1) is 21.7 Å². The van der Waals surface area contributed by atoms with Crippen LogP contribution in [-0.2, 0) is 21.4 Å². The molecule has 1 aliphatic heterocycles. The number of rotatable bonds is 10. The molecule has 10 heteroatoms. The van der Waals surface area contributed by atoms with Crippen LogP contribution in [0.15, 0.2) is 78.9 Å². The van der Waals surface area contributed by atoms with Gasteiger partial charge in [-0.3, -0.25) is 14.4 Å². The molecule has 3 amide bonds. The number of piperidine rings is 1. The Labute approximate surface area is 271 Å². The molecule has 1 fully saturated rings. The number of nitrogens with zero attached hydrogens (tertiary/aromatic N) is 2. The Balaban J connectivity index is 1.57. The standard InChI is InChI=1S/C34H33Cl3N4O3/c35-23-10-13-25(14-11-23)41-29(8-4-5-9-31(38)42)27(21-30(41)26-15-12-24(36)20-28(26)37)32(43)40-18-16-34(17-19-40,33(39)44)22-6-2-1-3-7-22/h1-3,6-7,10-15,20-21H,4-5,8-9,16-19H2,(H2,38,42)(H2,39,44). The number of likely N-dealkylation sites (tertiary alicyclic amines) is 1. The fourth-order valence-electron chi connectivity index (χ4n) is 6.05. The molecule has 7 nitrogen and oxygen atoms in total. The molecule has 0 bridgehead atoms. The molecule has 5 rings (SSSR count). The van der Waals surface area contributed by atoms with E-state index in [9.17, 15) is 14.4 Å². The average Bonchev–Trinajstić information content (AvgIpc) is 3.38. The van der Waals surface area contributed by atoms with Crippen LogP contribution in [-0.4, -0.2) is 40.3 Å². The number of aromatic nitrogens is 1. The lowest BCUT2D eigenvalue weighted by Crippen LogP contribution is -2.51. The van der Waals surface area contributed by atoms with Crippen molar-refractivity contribution in [1.29, 1.82) is 0 Å². The van der Waals surface area contributed by atoms with Gasteiger partial charge in [-0.2, -0.15) is 0 Å². The maximum Gasteiger partial charge on any atom is 0.255 e. The monoisotopic (exact) mass is 650 g/mol. The molecule has 4 N–H and O–H groups in total. The van der Waals surface area contributed by atoms with Crippen LogP contribution in [0.25, 0.3) is 16.9 Å². The van der Waals surface area contributed by atoms with Crippen molar-refractivity contribution in [1.82, 2.24) is 9.47 Å². The molecular formula is C34H33Cl3N4O3. The van der Waals surface area contributed by atoms with Crippen LogP contribution >= 0.6 is 34.8 Å². The summed E-state index contributed by atoms with van der Waals surface area (Å²) in [4.78, 5) is 40.4. The molecule has 0 aliphatic carbocycles. The van der Waals surface area contributed by atoms with Crippen LogP contribution in [0.4, 0.5) is 0 Å². The summed E-state index contributed by atoms with van der Waals surface area (Å²) >= 11 is 19.2. The number of amides is 3. The van der Waals surface area contributed by atoms with Gasteiger partial charge in [0, 0.05) is 46.5 Å². The highest BCUT2D eigenvalue weighted by Crippen LogP contribution is 2.39. The number of halogens is 3. The molecule has 0 radical (unpaired) electrons. The van der Waals surface area contributed by atoms with Gasteiger partial charge in [0.1, 0.15) is 0 Å². The van der Waals surface area contributed by atoms with Gasteiger partial charge in [-0.15, -0.1) is 0 Å². The lowest BCUT2D eigenvalue weighted by atomic mass is 9.72. The van der Waals surface area contributed by atoms with Crippen LogP contribution in [0.1, 0.15) is 53.7 Å². The van der Waals surface area contributed by atoms with E-state index in [0.29, 0.717) is 71.4 Å². The topological polar surface area (TPSA) is 111 Å². The van der Waals surface area contributed by atoms with E-state index in [1.54, 1.807) is 29.2 Å². The summed E-state index contributed by atoms with van der Waals surface area (Å²) in [5, 5.41) is 1.52. The second-order valence-corrected chi connectivity index (χ2v) is 12.4. The molecule has 1 aromatic heterocycles. The smallest absolute Gasteiger partial charge is 0.255 e. The minimum absolute atomic E-state index is 0.153. The molecule has 4 aromatic rings. The van der Waals surface area contributed by atoms with Crippen molar-refractivity contribution in [2.45, 2.75) is 43.9 Å². The van der Waals surface area contributed by atoms with E-state index >= 15 is 0 Å². The van der Waals surface area contributed by atoms with Crippen LogP contribution in [0.2, 0.25) is 15.1 Å². The Kier molecular flexibility index (Phi) is 9.68. The zero-order valence-electron chi connectivity index (χ0n) is 24.1. The average molecular weight is 652 g/mol. The number of unbranched alkanes of at least 4 members (excludes halogenated alkanes) is 1. The summed E-state index contributed by atoms with van der Waals surface area (Å²) in [6, 6.07) is 24.0. The van der Waals surface area contributed by atoms with Crippen LogP contribution in [0.5, 0.6) is 0 Å². The molecule has 1 saturated heterocycles. The SMILES string of the molecule is NC(=O)CCCCc1c(C(=O)N2CCC(C(N)=O)(c3ccccc3)CC2)cc(-c2ccc(Cl)cc2Cl)n1-c1ccc(Cl)cc1. The Bertz CT molecular complexity index is 1680. The number of carbonyl (C=O) groups is 3. The van der Waals surface area contributed by atoms with Crippen molar-refractivity contribution >= 4 is 52.5 Å². The van der Waals surface area contributed by atoms with Gasteiger partial charge in [-0.25, -0.2) is 0 Å². The first kappa shape index (κ1) is 31.6. The van der Waals surface area contributed by atoms with E-state index in [2.05, 4.69) is 0 Å². The number of nitrogens with two attached hydrogens (primary N) is 2. The maximum atomic E-state index is 14.3. The zero-order valence-corrected chi connectivity index (χ0v) is 26.3. The predicted octanol–water partition coefficient (Wildman–Crippen LogP) is 6.96. The minimum Gasteiger partial charge on any atom is -0.370 e. The molecule has 44 heavy (non-hydrogen) atoms. The third-order valence-electron chi connectivity index (χ3n) is 8.41. The third-order valence-corrected chi connectivity index (χ3v) is 9.21. The molecule has 1 aliphatic rings. The summed E-state index contributed by atoms with van der Waals surface area (Å²) in [5.41, 5.74) is 14.9. The van der Waals surface area contributed by atoms with Gasteiger partial charge in [0.2, 0.25) is 11.8 Å². The largest absolute Gasteiger partial charge is 0.370 e. The van der Waals surface area contributed by atoms with Crippen LogP contribution in [0.3, 0.4) is 0 Å². The fraction of sp³-hybridized carbons (Fsp3) is 0.265. The Morgan fingerprint density at radius 1 is 0.795 bits per heavy atom. The molecule has 228 valence electrons. The molecule has 0 saturated carbocycles. The summed E-state index contributed by atoms with van der Waals surface area (Å²) in [7, 11) is 0. The van der Waals surface area contributed by atoms with Crippen molar-refractivity contribution in [3.05, 3.63) is 111 Å². The van der Waals surface area contributed by atoms with Crippen LogP contribution < -0.4 is 11.5 Å². The van der Waals surface area contributed by atoms with Gasteiger partial charge in [-0.1, -0.05) is 65.1 Å². The molecule has 3 aromatic carbocycles. The number of hydrogen-bond donors (Lipinski definition) is 2. The molecule has 2 heterocycles. The number of primary amides is 2. The van der Waals surface area contributed by atoms with Gasteiger partial charge in [0.15, 0.2) is 0 Å². The molecule has 0 atom stereocenters. The Morgan fingerprint density at radius 2 is 1.45 bits per heavy atom. The summed E-state index contributed by atoms with van der Waals surface area (Å²) in [5.74, 6) is -0.910. The van der Waals surface area contributed by atoms with Gasteiger partial charge in [0.25, 0.3) is 5.91 Å². The molecule has 0 spiro atoms. The van der Waals surface area contributed by atoms with Crippen molar-refractivity contribution < 1.29 is 14.4 Å². The highest BCUT2D eigenvalue weighted by Gasteiger charge is 2.43. The van der Waals surface area contributed by atoms with E-state index in [-0.39, 0.29) is 24.1 Å². The quantitative estimate of drug-likeness (QED) is 0.181. The normalized spacial score (nSPS) is 14.4. The van der Waals surface area contributed by atoms with E-state index < -0.39 is 5.41 Å². The molecule has 0 unspecified atom stereocenters. The summed E-state index contributed by atoms with van der Waals surface area (Å²) in [6.45, 7) is 0.724. The number of benzene rings is 3. The van der Waals surface area contributed by atoms with Gasteiger partial charge >= 0.3 is 0 Å². The van der Waals surface area contributed by atoms with Crippen molar-refractivity contribution in [2.24, 2.45) is 11.5 Å². The third kappa shape index (κ3) is 6.50. The Hall–Kier alpha value is -3.78. The highest BCUT2D eigenvalue weighted by molar-refractivity contribution is 6.36. The summed E-state index contributed by atoms with van der Waals surface area (Å²) in [6.07, 6.45) is 2.80. The number of carbonyl (C=O) groups excluding carboxylic acids is 3. The van der Waals surface area contributed by atoms with E-state index in [1.807, 2.05) is 59.2 Å². The first-order chi connectivity index (χ1) is 21.1. The maximum absolute atomic E-state index is 14.3. The first-order valence-corrected chi connectivity index (χ1v) is 15.6. The van der Waals surface area contributed by atoms with E-state index in [4.69, 9.17) is 46.3 Å². The van der Waals surface area contributed by atoms with E-state index in [0.717, 1.165) is 22.6 Å². The van der Waals surface area contributed by atoms with Gasteiger partial charge < -0.3 is 20.9 Å². The predicted molar refractivity (Wildman–Crippen MR) is 175 cm³/mol. The first-order valence-electron chi connectivity index (χ1n) is 14.5. The lowest BCUT2D eigenvalue weighted by Gasteiger charge is -2.40. The molecular weight excluding hydrogens is 619 g/mol. The second kappa shape index (κ2) is 13.5. The minimum atomic E-state index is -0.840. The van der Waals surface area contributed by atoms with Crippen molar-refractivity contribution in [3.63, 3.8) is 0 Å². The second-order valence-electron chi connectivity index (χ2n) is 11.1. The van der Waals surface area contributed by atoms with Crippen molar-refractivity contribution in [2.75, 3.05) is 13.1 Å². The van der Waals surface area contributed by atoms with Crippen LogP contribution in [0, 0.1) is 0 Å². The van der Waals surface area contributed by atoms with E-state index in [1.165, 1.54) is 0 Å². The highest BCUT2D eigenvalue weighted by atomic mass is 35.5. The summed E-state index contributed by atoms with van der Waals surface area (Å²) < 4.78 is 2.02. The number of hydrogen-bond acceptors (Lipinski definition) is 3.